The van der Waals surface area contributed by atoms with Gasteiger partial charge in [-0.25, -0.2) is 0 Å². The van der Waals surface area contributed by atoms with Gasteiger partial charge in [-0.2, -0.15) is 13.2 Å². The fraction of sp³-hybridized carbons (Fsp3) is 0.571. The van der Waals surface area contributed by atoms with Crippen molar-refractivity contribution in [3.05, 3.63) is 29.8 Å². The Morgan fingerprint density at radius 1 is 1.15 bits per heavy atom. The Balaban J connectivity index is 2.42. The van der Waals surface area contributed by atoms with E-state index in [9.17, 15) is 13.2 Å². The first-order valence-corrected chi connectivity index (χ1v) is 7.23. The highest BCUT2D eigenvalue weighted by Gasteiger charge is 2.28. The first-order chi connectivity index (χ1) is 9.22. The van der Waals surface area contributed by atoms with Crippen molar-refractivity contribution in [2.45, 2.75) is 43.3 Å². The van der Waals surface area contributed by atoms with E-state index < -0.39 is 5.51 Å². The van der Waals surface area contributed by atoms with E-state index in [1.807, 2.05) is 20.8 Å². The second-order valence-corrected chi connectivity index (χ2v) is 6.13. The molecule has 1 N–H and O–H groups in total. The second kappa shape index (κ2) is 7.33. The standard InChI is InChI=1S/C14H20F3NOS/c1-4-19-13(2,3)10-18-9-11-5-7-12(8-6-11)20-14(15,16)17/h5-8,18H,4,9-10H2,1-3H3. The smallest absolute Gasteiger partial charge is 0.375 e. The minimum absolute atomic E-state index is 0.0963. The van der Waals surface area contributed by atoms with E-state index in [-0.39, 0.29) is 22.3 Å². The molecule has 0 saturated carbocycles. The Bertz CT molecular complexity index is 404. The number of benzene rings is 1. The van der Waals surface area contributed by atoms with Gasteiger partial charge in [-0.05, 0) is 50.2 Å². The average Bonchev–Trinajstić information content (AvgIpc) is 2.29. The largest absolute Gasteiger partial charge is 0.446 e. The van der Waals surface area contributed by atoms with Gasteiger partial charge < -0.3 is 10.1 Å². The van der Waals surface area contributed by atoms with Crippen LogP contribution in [0.1, 0.15) is 26.3 Å². The van der Waals surface area contributed by atoms with Crippen molar-refractivity contribution in [3.8, 4) is 0 Å². The molecule has 0 saturated heterocycles. The molecule has 1 aromatic rings. The lowest BCUT2D eigenvalue weighted by Gasteiger charge is -2.25. The van der Waals surface area contributed by atoms with E-state index in [1.54, 1.807) is 12.1 Å². The molecule has 6 heteroatoms. The van der Waals surface area contributed by atoms with Crippen LogP contribution in [0.25, 0.3) is 0 Å². The highest BCUT2D eigenvalue weighted by molar-refractivity contribution is 8.00. The molecule has 114 valence electrons. The Kier molecular flexibility index (Phi) is 6.36. The predicted octanol–water partition coefficient (Wildman–Crippen LogP) is 4.20. The predicted molar refractivity (Wildman–Crippen MR) is 75.8 cm³/mol. The summed E-state index contributed by atoms with van der Waals surface area (Å²) in [4.78, 5) is 0.205. The lowest BCUT2D eigenvalue weighted by molar-refractivity contribution is -0.0328. The van der Waals surface area contributed by atoms with E-state index in [2.05, 4.69) is 5.32 Å². The first-order valence-electron chi connectivity index (χ1n) is 6.41. The summed E-state index contributed by atoms with van der Waals surface area (Å²) >= 11 is -0.0963. The Labute approximate surface area is 122 Å². The van der Waals surface area contributed by atoms with Crippen LogP contribution >= 0.6 is 11.8 Å². The molecule has 2 nitrogen and oxygen atoms in total. The molecule has 0 aliphatic heterocycles. The van der Waals surface area contributed by atoms with Crippen LogP contribution in [0, 0.1) is 0 Å². The van der Waals surface area contributed by atoms with E-state index in [0.717, 1.165) is 5.56 Å². The first kappa shape index (κ1) is 17.3. The van der Waals surface area contributed by atoms with Crippen LogP contribution in [-0.4, -0.2) is 24.3 Å². The summed E-state index contributed by atoms with van der Waals surface area (Å²) in [5.74, 6) is 0. The van der Waals surface area contributed by atoms with E-state index in [4.69, 9.17) is 4.74 Å². The number of halogens is 3. The van der Waals surface area contributed by atoms with Crippen molar-refractivity contribution in [3.63, 3.8) is 0 Å². The molecule has 0 spiro atoms. The molecule has 0 aliphatic rings. The van der Waals surface area contributed by atoms with Gasteiger partial charge in [-0.1, -0.05) is 12.1 Å². The maximum absolute atomic E-state index is 12.2. The fourth-order valence-electron chi connectivity index (χ4n) is 1.76. The third-order valence-corrected chi connectivity index (χ3v) is 3.31. The lowest BCUT2D eigenvalue weighted by Crippen LogP contribution is -2.37. The lowest BCUT2D eigenvalue weighted by atomic mass is 10.1. The quantitative estimate of drug-likeness (QED) is 0.763. The maximum Gasteiger partial charge on any atom is 0.446 e. The fourth-order valence-corrected chi connectivity index (χ4v) is 2.30. The minimum atomic E-state index is -4.23. The second-order valence-electron chi connectivity index (χ2n) is 4.99. The molecule has 0 amide bonds. The van der Waals surface area contributed by atoms with Crippen molar-refractivity contribution in [2.24, 2.45) is 0 Å². The van der Waals surface area contributed by atoms with Crippen molar-refractivity contribution in [1.29, 1.82) is 0 Å². The summed E-state index contributed by atoms with van der Waals surface area (Å²) in [5, 5.41) is 3.24. The number of rotatable bonds is 7. The Morgan fingerprint density at radius 2 is 1.75 bits per heavy atom. The zero-order chi connectivity index (χ0) is 15.2. The van der Waals surface area contributed by atoms with Crippen LogP contribution in [0.15, 0.2) is 29.2 Å². The number of thioether (sulfide) groups is 1. The van der Waals surface area contributed by atoms with Gasteiger partial charge in [-0.15, -0.1) is 0 Å². The number of nitrogens with one attached hydrogen (secondary N) is 1. The van der Waals surface area contributed by atoms with Gasteiger partial charge in [0.15, 0.2) is 0 Å². The van der Waals surface area contributed by atoms with Crippen molar-refractivity contribution < 1.29 is 17.9 Å². The normalized spacial score (nSPS) is 12.7. The van der Waals surface area contributed by atoms with Crippen LogP contribution in [0.5, 0.6) is 0 Å². The number of hydrogen-bond acceptors (Lipinski definition) is 3. The van der Waals surface area contributed by atoms with Crippen LogP contribution in [0.3, 0.4) is 0 Å². The van der Waals surface area contributed by atoms with Crippen molar-refractivity contribution in [2.75, 3.05) is 13.2 Å². The summed E-state index contributed by atoms with van der Waals surface area (Å²) in [6.07, 6.45) is 0. The number of alkyl halides is 3. The summed E-state index contributed by atoms with van der Waals surface area (Å²) in [6, 6.07) is 6.38. The molecule has 0 bridgehead atoms. The van der Waals surface area contributed by atoms with Crippen molar-refractivity contribution in [1.82, 2.24) is 5.32 Å². The topological polar surface area (TPSA) is 21.3 Å². The van der Waals surface area contributed by atoms with Crippen molar-refractivity contribution >= 4 is 11.8 Å². The van der Waals surface area contributed by atoms with Crippen LogP contribution in [0.4, 0.5) is 13.2 Å². The minimum Gasteiger partial charge on any atom is -0.375 e. The molecule has 20 heavy (non-hydrogen) atoms. The molecule has 0 atom stereocenters. The molecule has 1 rings (SSSR count). The highest BCUT2D eigenvalue weighted by atomic mass is 32.2. The van der Waals surface area contributed by atoms with Crippen LogP contribution < -0.4 is 5.32 Å². The van der Waals surface area contributed by atoms with Crippen LogP contribution in [-0.2, 0) is 11.3 Å². The van der Waals surface area contributed by atoms with E-state index in [1.165, 1.54) is 12.1 Å². The zero-order valence-corrected chi connectivity index (χ0v) is 12.7. The molecular weight excluding hydrogens is 287 g/mol. The van der Waals surface area contributed by atoms with E-state index >= 15 is 0 Å². The summed E-state index contributed by atoms with van der Waals surface area (Å²) in [7, 11) is 0. The Morgan fingerprint density at radius 3 is 2.25 bits per heavy atom. The molecule has 0 radical (unpaired) electrons. The summed E-state index contributed by atoms with van der Waals surface area (Å²) in [6.45, 7) is 7.86. The summed E-state index contributed by atoms with van der Waals surface area (Å²) in [5.41, 5.74) is -3.54. The third kappa shape index (κ3) is 7.17. The third-order valence-electron chi connectivity index (χ3n) is 2.57. The van der Waals surface area contributed by atoms with Gasteiger partial charge in [-0.3, -0.25) is 0 Å². The van der Waals surface area contributed by atoms with Crippen LogP contribution in [0.2, 0.25) is 0 Å². The maximum atomic E-state index is 12.2. The zero-order valence-electron chi connectivity index (χ0n) is 11.9. The SMILES string of the molecule is CCOC(C)(C)CNCc1ccc(SC(F)(F)F)cc1. The van der Waals surface area contributed by atoms with Gasteiger partial charge in [0.25, 0.3) is 0 Å². The number of hydrogen-bond donors (Lipinski definition) is 1. The van der Waals surface area contributed by atoms with E-state index in [0.29, 0.717) is 19.7 Å². The summed E-state index contributed by atoms with van der Waals surface area (Å²) < 4.78 is 42.1. The Hall–Kier alpha value is -0.720. The van der Waals surface area contributed by atoms with Gasteiger partial charge in [0.2, 0.25) is 0 Å². The monoisotopic (exact) mass is 307 g/mol. The van der Waals surface area contributed by atoms with Gasteiger partial charge in [0, 0.05) is 24.6 Å². The molecule has 0 fully saturated rings. The number of ether oxygens (including phenoxy) is 1. The highest BCUT2D eigenvalue weighted by Crippen LogP contribution is 2.36. The van der Waals surface area contributed by atoms with Gasteiger partial charge >= 0.3 is 5.51 Å². The molecule has 0 aliphatic carbocycles. The molecular formula is C14H20F3NOS. The molecule has 1 aromatic carbocycles. The molecule has 0 aromatic heterocycles. The van der Waals surface area contributed by atoms with Gasteiger partial charge in [0.1, 0.15) is 0 Å². The molecule has 0 heterocycles. The molecule has 0 unspecified atom stereocenters. The average molecular weight is 307 g/mol. The van der Waals surface area contributed by atoms with Gasteiger partial charge in [0.05, 0.1) is 5.60 Å².